The minimum Gasteiger partial charge on any atom is -1.00 e. The van der Waals surface area contributed by atoms with Crippen molar-refractivity contribution >= 4 is 140 Å². The molecular formula is C46H59AlCl5FLiN7O7S. The van der Waals surface area contributed by atoms with Gasteiger partial charge in [-0.1, -0.05) is 42.5 Å². The van der Waals surface area contributed by atoms with Crippen LogP contribution in [-0.2, 0) is 63.5 Å². The zero-order chi connectivity index (χ0) is 50.4. The van der Waals surface area contributed by atoms with E-state index in [2.05, 4.69) is 41.3 Å². The van der Waals surface area contributed by atoms with Crippen molar-refractivity contribution in [1.82, 2.24) is 28.7 Å². The molecule has 3 aromatic heterocycles. The number of carbonyl (C=O) groups excluding carboxylic acids is 2. The fraction of sp³-hybridized carbons (Fsp3) is 0.348. The number of aliphatic hydroxyl groups is 1. The number of aliphatic imine (C=N–C) groups is 1. The second-order valence-corrected chi connectivity index (χ2v) is 17.1. The van der Waals surface area contributed by atoms with Crippen molar-refractivity contribution in [2.75, 3.05) is 38.9 Å². The molecule has 0 aliphatic carbocycles. The number of carbonyl (C=O) groups is 2. The van der Waals surface area contributed by atoms with Crippen molar-refractivity contribution in [3.8, 4) is 0 Å². The average Bonchev–Trinajstić information content (AvgIpc) is 4.21. The number of aromatic nitrogens is 6. The van der Waals surface area contributed by atoms with Gasteiger partial charge in [-0.25, -0.2) is 28.7 Å². The minimum atomic E-state index is -1.67. The van der Waals surface area contributed by atoms with Gasteiger partial charge in [0.1, 0.15) is 5.52 Å². The first-order valence-corrected chi connectivity index (χ1v) is 24.8. The van der Waals surface area contributed by atoms with Crippen molar-refractivity contribution in [3.63, 3.8) is 0 Å². The first-order chi connectivity index (χ1) is 32.8. The van der Waals surface area contributed by atoms with E-state index < -0.39 is 16.4 Å². The molecule has 0 radical (unpaired) electrons. The number of rotatable bonds is 6. The SMILES string of the molecule is C1CCOC1.CCOC(=O)c1cccc2c1N=CC2.CCOC(=O)c1cccc2c1ncn2C.ClCCl.Cn1cnc2c(CCl)cccc21.Cn1cnc2c(CO)cccc21.O=S(Cl)Cl.[2H]CF.[AlH3].[H-].[Li+]. The Morgan fingerprint density at radius 1 is 0.768 bits per heavy atom. The summed E-state index contributed by atoms with van der Waals surface area (Å²) in [7, 11) is 12.2. The van der Waals surface area contributed by atoms with Crippen LogP contribution in [-0.4, -0.2) is 112 Å². The van der Waals surface area contributed by atoms with E-state index in [9.17, 15) is 14.0 Å². The predicted molar refractivity (Wildman–Crippen MR) is 282 cm³/mol. The first kappa shape index (κ1) is 63.5. The van der Waals surface area contributed by atoms with Gasteiger partial charge >= 0.3 is 30.8 Å². The van der Waals surface area contributed by atoms with Gasteiger partial charge < -0.3 is 34.4 Å². The van der Waals surface area contributed by atoms with Crippen LogP contribution in [0.25, 0.3) is 33.1 Å². The van der Waals surface area contributed by atoms with Gasteiger partial charge in [0.05, 0.1) is 97.1 Å². The molecule has 2 aliphatic rings. The average molecular weight is 1090 g/mol. The number of halogens is 6. The summed E-state index contributed by atoms with van der Waals surface area (Å²) in [6.07, 6.45) is 10.4. The van der Waals surface area contributed by atoms with Gasteiger partial charge in [0.25, 0.3) is 0 Å². The number of esters is 2. The fourth-order valence-electron chi connectivity index (χ4n) is 6.23. The Hall–Kier alpha value is -3.52. The molecule has 7 aromatic rings. The third-order valence-corrected chi connectivity index (χ3v) is 9.50. The first-order valence-electron chi connectivity index (χ1n) is 21.1. The number of alkyl halides is 4. The standard InChI is InChI=1S/C11H12N2O2.C11H11NO2.C9H9ClN2.C9H10N2O.C4H8O.CH2Cl2.CH3F.Al.Cl2OS.Li.4H/c1-3-15-11(14)8-5-4-6-9-10(8)12-7-13(9)2;1-2-14-11(13)9-5-3-4-8-6-7-12-10(8)9;1-12-6-11-9-7(5-10)3-2-4-8(9)12;1-11-6-10-9-7(5-12)3-2-4-8(9)11;1-2-4-5-3-1;2-1-3;1-2;;1-4(2)3;;;;;/h4-7H,3H2,1-2H3;3-5,7H,2,6H2,1H3;2-4,6H,5H2,1H3;2-4,6,12H,5H2,1H3;1-4H2;1H2;1H3;;;;;;;/q;;;;;;;;;+1;;;;-1/i;;;;;;1D;;;;;;;. The van der Waals surface area contributed by atoms with Crippen molar-refractivity contribution in [2.45, 2.75) is 45.6 Å². The van der Waals surface area contributed by atoms with Gasteiger partial charge in [0.15, 0.2) is 17.4 Å². The number of aliphatic hydroxyl groups excluding tert-OH is 1. The Morgan fingerprint density at radius 3 is 1.62 bits per heavy atom. The number of benzene rings is 4. The summed E-state index contributed by atoms with van der Waals surface area (Å²) >= 11 is 15.3. The Labute approximate surface area is 454 Å². The maximum absolute atomic E-state index is 11.6. The number of aryl methyl sites for hydroxylation is 3. The molecule has 0 unspecified atom stereocenters. The number of ether oxygens (including phenoxy) is 3. The van der Waals surface area contributed by atoms with Crippen molar-refractivity contribution in [1.29, 1.82) is 0 Å². The Kier molecular flexibility index (Phi) is 34.3. The van der Waals surface area contributed by atoms with Crippen LogP contribution in [0.4, 0.5) is 10.1 Å². The summed E-state index contributed by atoms with van der Waals surface area (Å²) in [4.78, 5) is 39.9. The maximum atomic E-state index is 11.6. The van der Waals surface area contributed by atoms with Crippen molar-refractivity contribution < 1.29 is 59.2 Å². The van der Waals surface area contributed by atoms with E-state index in [1.54, 1.807) is 45.0 Å². The third-order valence-electron chi connectivity index (χ3n) is 9.21. The Bertz CT molecular complexity index is 2580. The van der Waals surface area contributed by atoms with E-state index in [1.807, 2.05) is 102 Å². The quantitative estimate of drug-likeness (QED) is 0.0792. The molecule has 14 nitrogen and oxygen atoms in total. The molecule has 4 aromatic carbocycles. The second kappa shape index (κ2) is 37.3. The number of hydrogen-bond acceptors (Lipinski definition) is 11. The normalized spacial score (nSPS) is 11.4. The van der Waals surface area contributed by atoms with Gasteiger partial charge in [-0.3, -0.25) is 9.38 Å². The number of fused-ring (bicyclic) bond motifs is 4. The molecule has 0 atom stereocenters. The summed E-state index contributed by atoms with van der Waals surface area (Å²) in [5, 5.41) is 9.19. The number of hydrogen-bond donors (Lipinski definition) is 1. The summed E-state index contributed by atoms with van der Waals surface area (Å²) in [5.74, 6) is -0.0841. The summed E-state index contributed by atoms with van der Waals surface area (Å²) in [6.45, 7) is 6.41. The largest absolute Gasteiger partial charge is 1.00 e. The van der Waals surface area contributed by atoms with Gasteiger partial charge in [0, 0.05) is 79.8 Å². The Morgan fingerprint density at radius 2 is 1.17 bits per heavy atom. The third kappa shape index (κ3) is 21.4. The molecule has 9 rings (SSSR count). The van der Waals surface area contributed by atoms with E-state index in [1.165, 1.54) is 12.8 Å². The zero-order valence-electron chi connectivity index (χ0n) is 40.7. The number of para-hydroxylation sites is 4. The molecule has 0 bridgehead atoms. The van der Waals surface area contributed by atoms with Crippen LogP contribution >= 0.6 is 56.2 Å². The van der Waals surface area contributed by atoms with Crippen molar-refractivity contribution in [2.24, 2.45) is 26.1 Å². The summed E-state index contributed by atoms with van der Waals surface area (Å²) < 4.78 is 45.2. The van der Waals surface area contributed by atoms with E-state index in [0.29, 0.717) is 35.7 Å². The van der Waals surface area contributed by atoms with E-state index in [0.717, 1.165) is 69.6 Å². The fourth-order valence-corrected chi connectivity index (χ4v) is 6.45. The molecule has 2 aliphatic heterocycles. The van der Waals surface area contributed by atoms with Crippen LogP contribution in [0.15, 0.2) is 96.8 Å². The zero-order valence-corrected chi connectivity index (χ0v) is 43.3. The van der Waals surface area contributed by atoms with E-state index in [-0.39, 0.29) is 61.5 Å². The van der Waals surface area contributed by atoms with Crippen LogP contribution in [0.5, 0.6) is 0 Å². The summed E-state index contributed by atoms with van der Waals surface area (Å²) in [5.41, 5.74) is 10.6. The number of nitrogens with zero attached hydrogens (tertiary/aromatic N) is 7. The van der Waals surface area contributed by atoms with Crippen LogP contribution in [0.3, 0.4) is 0 Å². The molecule has 0 spiro atoms. The molecule has 69 heavy (non-hydrogen) atoms. The van der Waals surface area contributed by atoms with Crippen LogP contribution in [0.1, 0.15) is 66.9 Å². The summed E-state index contributed by atoms with van der Waals surface area (Å²) in [6, 6.07) is 22.9. The molecule has 1 fully saturated rings. The monoisotopic (exact) mass is 1080 g/mol. The van der Waals surface area contributed by atoms with Crippen LogP contribution in [0, 0.1) is 0 Å². The minimum absolute atomic E-state index is 0. The van der Waals surface area contributed by atoms with Gasteiger partial charge in [0.2, 0.25) is 9.23 Å². The van der Waals surface area contributed by atoms with E-state index in [4.69, 9.17) is 59.7 Å². The van der Waals surface area contributed by atoms with Crippen LogP contribution < -0.4 is 18.9 Å². The molecule has 1 N–H and O–H groups in total. The molecule has 372 valence electrons. The van der Waals surface area contributed by atoms with Gasteiger partial charge in [-0.15, -0.1) is 34.8 Å². The number of imidazole rings is 3. The van der Waals surface area contributed by atoms with Gasteiger partial charge in [-0.2, -0.15) is 0 Å². The molecule has 0 saturated carbocycles. The molecule has 1 saturated heterocycles. The molecule has 23 heteroatoms. The Balaban J connectivity index is 0. The smallest absolute Gasteiger partial charge is 1.00 e. The van der Waals surface area contributed by atoms with Gasteiger partial charge in [-0.05, 0) is 68.1 Å². The second-order valence-electron chi connectivity index (χ2n) is 13.5. The maximum Gasteiger partial charge on any atom is 1.00 e. The molecule has 5 heterocycles. The molecular weight excluding hydrogens is 1020 g/mol. The predicted octanol–water partition coefficient (Wildman–Crippen LogP) is 7.03. The van der Waals surface area contributed by atoms with Crippen LogP contribution in [0.2, 0.25) is 0 Å². The molecule has 0 amide bonds. The van der Waals surface area contributed by atoms with Crippen molar-refractivity contribution in [3.05, 3.63) is 120 Å². The topological polar surface area (TPSA) is 165 Å². The van der Waals surface area contributed by atoms with E-state index >= 15 is 0 Å².